The molecule has 2 aromatic rings. The topological polar surface area (TPSA) is 53.5 Å². The van der Waals surface area contributed by atoms with Gasteiger partial charge in [0, 0.05) is 38.1 Å². The fourth-order valence-corrected chi connectivity index (χ4v) is 6.11. The van der Waals surface area contributed by atoms with Crippen LogP contribution in [0.2, 0.25) is 0 Å². The summed E-state index contributed by atoms with van der Waals surface area (Å²) in [5.74, 6) is 2.42. The Bertz CT molecular complexity index is 796. The summed E-state index contributed by atoms with van der Waals surface area (Å²) in [6.07, 6.45) is 1.67. The van der Waals surface area contributed by atoms with E-state index in [4.69, 9.17) is 0 Å². The maximum atomic E-state index is 11.5. The molecule has 0 bridgehead atoms. The predicted molar refractivity (Wildman–Crippen MR) is 99.7 cm³/mol. The molecular weight excluding hydrogens is 342 g/mol. The zero-order chi connectivity index (χ0) is 16.6. The lowest BCUT2D eigenvalue weighted by Crippen LogP contribution is -2.48. The van der Waals surface area contributed by atoms with Gasteiger partial charge in [-0.1, -0.05) is 12.1 Å². The Labute approximate surface area is 147 Å². The van der Waals surface area contributed by atoms with E-state index < -0.39 is 9.84 Å². The molecular formula is C17H23N3O2S2. The largest absolute Gasteiger partial charge is 0.353 e. The molecule has 0 unspecified atom stereocenters. The number of fused-ring (bicyclic) bond motifs is 1. The Kier molecular flexibility index (Phi) is 4.49. The second-order valence-corrected chi connectivity index (χ2v) is 9.99. The maximum absolute atomic E-state index is 11.5. The maximum Gasteiger partial charge on any atom is 0.150 e. The number of piperazine rings is 1. The van der Waals surface area contributed by atoms with Gasteiger partial charge in [-0.05, 0) is 42.4 Å². The van der Waals surface area contributed by atoms with Crippen molar-refractivity contribution in [3.05, 3.63) is 24.3 Å². The summed E-state index contributed by atoms with van der Waals surface area (Å²) in [6, 6.07) is 8.42. The van der Waals surface area contributed by atoms with Crippen LogP contribution in [0, 0.1) is 5.92 Å². The molecule has 2 aliphatic rings. The number of rotatable bonds is 3. The van der Waals surface area contributed by atoms with Gasteiger partial charge in [0.25, 0.3) is 0 Å². The molecule has 3 heterocycles. The van der Waals surface area contributed by atoms with Crippen molar-refractivity contribution < 1.29 is 8.42 Å². The van der Waals surface area contributed by atoms with Crippen LogP contribution in [0.1, 0.15) is 12.8 Å². The molecule has 130 valence electrons. The molecule has 1 aromatic carbocycles. The Morgan fingerprint density at radius 1 is 1.08 bits per heavy atom. The molecule has 0 spiro atoms. The van der Waals surface area contributed by atoms with E-state index in [9.17, 15) is 8.42 Å². The zero-order valence-electron chi connectivity index (χ0n) is 13.7. The summed E-state index contributed by atoms with van der Waals surface area (Å²) < 4.78 is 29.0. The summed E-state index contributed by atoms with van der Waals surface area (Å²) >= 11 is 1.57. The lowest BCUT2D eigenvalue weighted by Gasteiger charge is -2.37. The highest BCUT2D eigenvalue weighted by Crippen LogP contribution is 2.30. The van der Waals surface area contributed by atoms with Crippen molar-refractivity contribution in [1.82, 2.24) is 9.27 Å². The van der Waals surface area contributed by atoms with Gasteiger partial charge in [-0.2, -0.15) is 4.37 Å². The van der Waals surface area contributed by atoms with Crippen molar-refractivity contribution in [2.45, 2.75) is 12.8 Å². The van der Waals surface area contributed by atoms with E-state index in [0.29, 0.717) is 17.4 Å². The van der Waals surface area contributed by atoms with Gasteiger partial charge in [-0.3, -0.25) is 4.90 Å². The molecule has 0 radical (unpaired) electrons. The van der Waals surface area contributed by atoms with Crippen LogP contribution >= 0.6 is 11.5 Å². The Morgan fingerprint density at radius 2 is 1.79 bits per heavy atom. The van der Waals surface area contributed by atoms with Crippen molar-refractivity contribution >= 4 is 37.3 Å². The summed E-state index contributed by atoms with van der Waals surface area (Å²) in [5.41, 5.74) is 0. The van der Waals surface area contributed by atoms with Crippen molar-refractivity contribution in [2.75, 3.05) is 49.1 Å². The van der Waals surface area contributed by atoms with Gasteiger partial charge < -0.3 is 4.90 Å². The summed E-state index contributed by atoms with van der Waals surface area (Å²) in [6.45, 7) is 5.11. The fraction of sp³-hybridized carbons (Fsp3) is 0.588. The highest BCUT2D eigenvalue weighted by Gasteiger charge is 2.27. The van der Waals surface area contributed by atoms with Crippen LogP contribution < -0.4 is 4.90 Å². The first-order valence-electron chi connectivity index (χ1n) is 8.63. The van der Waals surface area contributed by atoms with Crippen LogP contribution in [0.4, 0.5) is 5.82 Å². The molecule has 0 saturated carbocycles. The van der Waals surface area contributed by atoms with Crippen LogP contribution in [0.15, 0.2) is 24.3 Å². The van der Waals surface area contributed by atoms with E-state index in [1.165, 1.54) is 10.1 Å². The van der Waals surface area contributed by atoms with Crippen LogP contribution in [-0.2, 0) is 9.84 Å². The van der Waals surface area contributed by atoms with Gasteiger partial charge in [0.1, 0.15) is 15.7 Å². The molecule has 5 nitrogen and oxygen atoms in total. The quantitative estimate of drug-likeness (QED) is 0.835. The van der Waals surface area contributed by atoms with E-state index in [-0.39, 0.29) is 0 Å². The average Bonchev–Trinajstić information content (AvgIpc) is 3.02. The number of hydrogen-bond donors (Lipinski definition) is 0. The molecule has 0 amide bonds. The number of anilines is 1. The van der Waals surface area contributed by atoms with Crippen molar-refractivity contribution in [2.24, 2.45) is 5.92 Å². The number of hydrogen-bond acceptors (Lipinski definition) is 6. The molecule has 2 aliphatic heterocycles. The SMILES string of the molecule is O=S1(=O)CCC(CN2CCN(c3nsc4ccccc34)CC2)CC1. The van der Waals surface area contributed by atoms with Crippen LogP contribution in [0.3, 0.4) is 0 Å². The Morgan fingerprint density at radius 3 is 2.54 bits per heavy atom. The first-order chi connectivity index (χ1) is 11.6. The number of sulfone groups is 1. The minimum atomic E-state index is -2.75. The van der Waals surface area contributed by atoms with E-state index in [2.05, 4.69) is 38.4 Å². The van der Waals surface area contributed by atoms with Crippen LogP contribution in [0.5, 0.6) is 0 Å². The second kappa shape index (κ2) is 6.61. The molecule has 1 aromatic heterocycles. The highest BCUT2D eigenvalue weighted by atomic mass is 32.2. The third-order valence-corrected chi connectivity index (χ3v) is 7.75. The normalized spacial score (nSPS) is 22.9. The lowest BCUT2D eigenvalue weighted by molar-refractivity contribution is 0.211. The molecule has 24 heavy (non-hydrogen) atoms. The van der Waals surface area contributed by atoms with E-state index in [0.717, 1.165) is 51.4 Å². The van der Waals surface area contributed by atoms with Gasteiger partial charge in [0.2, 0.25) is 0 Å². The van der Waals surface area contributed by atoms with Crippen molar-refractivity contribution in [3.63, 3.8) is 0 Å². The third kappa shape index (κ3) is 3.43. The van der Waals surface area contributed by atoms with Crippen LogP contribution in [0.25, 0.3) is 10.1 Å². The predicted octanol–water partition coefficient (Wildman–Crippen LogP) is 2.24. The van der Waals surface area contributed by atoms with Gasteiger partial charge in [-0.25, -0.2) is 8.42 Å². The van der Waals surface area contributed by atoms with E-state index in [1.807, 2.05) is 0 Å². The molecule has 2 fully saturated rings. The summed E-state index contributed by atoms with van der Waals surface area (Å²) in [5, 5.41) is 1.26. The van der Waals surface area contributed by atoms with Gasteiger partial charge >= 0.3 is 0 Å². The molecule has 0 atom stereocenters. The van der Waals surface area contributed by atoms with Gasteiger partial charge in [0.05, 0.1) is 16.2 Å². The minimum Gasteiger partial charge on any atom is -0.353 e. The molecule has 4 rings (SSSR count). The molecule has 7 heteroatoms. The Balaban J connectivity index is 1.34. The molecule has 0 aliphatic carbocycles. The monoisotopic (exact) mass is 365 g/mol. The average molecular weight is 366 g/mol. The molecule has 2 saturated heterocycles. The van der Waals surface area contributed by atoms with Crippen LogP contribution in [-0.4, -0.2) is 61.9 Å². The highest BCUT2D eigenvalue weighted by molar-refractivity contribution is 7.91. The smallest absolute Gasteiger partial charge is 0.150 e. The summed E-state index contributed by atoms with van der Waals surface area (Å²) in [7, 11) is -2.75. The molecule has 0 N–H and O–H groups in total. The Hall–Kier alpha value is -1.18. The fourth-order valence-electron chi connectivity index (χ4n) is 3.73. The first kappa shape index (κ1) is 16.3. The zero-order valence-corrected chi connectivity index (χ0v) is 15.4. The van der Waals surface area contributed by atoms with Crippen molar-refractivity contribution in [1.29, 1.82) is 0 Å². The minimum absolute atomic E-state index is 0.377. The third-order valence-electron chi connectivity index (χ3n) is 5.22. The number of benzene rings is 1. The van der Waals surface area contributed by atoms with E-state index in [1.54, 1.807) is 11.5 Å². The first-order valence-corrected chi connectivity index (χ1v) is 11.2. The van der Waals surface area contributed by atoms with Gasteiger partial charge in [0.15, 0.2) is 0 Å². The lowest BCUT2D eigenvalue weighted by atomic mass is 10.0. The van der Waals surface area contributed by atoms with Gasteiger partial charge in [-0.15, -0.1) is 0 Å². The van der Waals surface area contributed by atoms with E-state index >= 15 is 0 Å². The summed E-state index contributed by atoms with van der Waals surface area (Å²) in [4.78, 5) is 4.88. The second-order valence-electron chi connectivity index (χ2n) is 6.89. The number of aromatic nitrogens is 1. The number of nitrogens with zero attached hydrogens (tertiary/aromatic N) is 3. The standard InChI is InChI=1S/C17H23N3O2S2/c21-24(22)11-5-14(6-12-24)13-19-7-9-20(10-8-19)17-15-3-1-2-4-16(15)23-18-17/h1-4,14H,5-13H2. The van der Waals surface area contributed by atoms with Crippen molar-refractivity contribution in [3.8, 4) is 0 Å².